The van der Waals surface area contributed by atoms with Crippen molar-refractivity contribution in [2.24, 2.45) is 17.3 Å². The van der Waals surface area contributed by atoms with E-state index in [1.54, 1.807) is 0 Å². The van der Waals surface area contributed by atoms with Gasteiger partial charge in [-0.3, -0.25) is 0 Å². The first-order valence-corrected chi connectivity index (χ1v) is 10.9. The number of quaternary nitrogens is 1. The number of thiophene rings is 1. The summed E-state index contributed by atoms with van der Waals surface area (Å²) in [5.41, 5.74) is 0.544. The van der Waals surface area contributed by atoms with E-state index in [1.165, 1.54) is 21.8 Å². The molecule has 0 radical (unpaired) electrons. The van der Waals surface area contributed by atoms with Crippen molar-refractivity contribution in [1.82, 2.24) is 0 Å². The molecule has 2 heterocycles. The topological polar surface area (TPSA) is 99.7 Å². The second kappa shape index (κ2) is 8.25. The fraction of sp³-hybridized carbons (Fsp3) is 0.333. The maximum absolute atomic E-state index is 10.1. The molecule has 0 bridgehead atoms. The Hall–Kier alpha value is -3.24. The lowest BCUT2D eigenvalue weighted by Crippen LogP contribution is -3.13. The van der Waals surface area contributed by atoms with Gasteiger partial charge < -0.3 is 10.3 Å². The molecule has 30 heavy (non-hydrogen) atoms. The molecule has 0 amide bonds. The van der Waals surface area contributed by atoms with Crippen LogP contribution in [0.4, 0.5) is 0 Å². The van der Waals surface area contributed by atoms with Crippen molar-refractivity contribution >= 4 is 17.0 Å². The Morgan fingerprint density at radius 2 is 1.87 bits per heavy atom. The summed E-state index contributed by atoms with van der Waals surface area (Å²) in [7, 11) is 0. The van der Waals surface area contributed by atoms with Gasteiger partial charge in [-0.2, -0.15) is 15.8 Å². The summed E-state index contributed by atoms with van der Waals surface area (Å²) in [5, 5.41) is 40.5. The Balaban J connectivity index is 1.70. The number of hydrogen-bond acceptors (Lipinski definition) is 5. The highest BCUT2D eigenvalue weighted by Crippen LogP contribution is 2.53. The average Bonchev–Trinajstić information content (AvgIpc) is 3.32. The van der Waals surface area contributed by atoms with Crippen molar-refractivity contribution in [1.29, 1.82) is 21.2 Å². The molecule has 1 aromatic heterocycles. The first kappa shape index (κ1) is 20.0. The predicted octanol–water partition coefficient (Wildman–Crippen LogP) is 2.72. The molecule has 1 fully saturated rings. The monoisotopic (exact) mass is 412 g/mol. The molecule has 4 atom stereocenters. The zero-order valence-corrected chi connectivity index (χ0v) is 17.3. The first-order chi connectivity index (χ1) is 14.6. The lowest BCUT2D eigenvalue weighted by molar-refractivity contribution is -0.899. The van der Waals surface area contributed by atoms with Crippen molar-refractivity contribution in [2.75, 3.05) is 19.6 Å². The van der Waals surface area contributed by atoms with Crippen molar-refractivity contribution in [3.63, 3.8) is 0 Å². The van der Waals surface area contributed by atoms with Crippen LogP contribution in [0.1, 0.15) is 16.4 Å². The molecule has 2 aromatic rings. The van der Waals surface area contributed by atoms with Crippen molar-refractivity contribution in [2.45, 2.75) is 12.3 Å². The van der Waals surface area contributed by atoms with Gasteiger partial charge in [0.05, 0.1) is 43.6 Å². The van der Waals surface area contributed by atoms with E-state index < -0.39 is 17.3 Å². The fourth-order valence-electron chi connectivity index (χ4n) is 4.91. The van der Waals surface area contributed by atoms with Crippen LogP contribution in [0.25, 0.3) is 0 Å². The Kier molecular flexibility index (Phi) is 5.51. The molecule has 2 unspecified atom stereocenters. The number of nitriles is 3. The maximum Gasteiger partial charge on any atom is 0.190 e. The molecule has 2 aliphatic rings. The van der Waals surface area contributed by atoms with E-state index in [2.05, 4.69) is 36.4 Å². The van der Waals surface area contributed by atoms with Crippen LogP contribution in [0.5, 0.6) is 0 Å². The highest BCUT2D eigenvalue weighted by Gasteiger charge is 2.58. The van der Waals surface area contributed by atoms with Crippen LogP contribution in [-0.2, 0) is 6.42 Å². The van der Waals surface area contributed by atoms with E-state index in [9.17, 15) is 15.8 Å². The second-order valence-corrected chi connectivity index (χ2v) is 8.93. The zero-order valence-electron chi connectivity index (χ0n) is 16.5. The van der Waals surface area contributed by atoms with Gasteiger partial charge in [0.25, 0.3) is 0 Å². The van der Waals surface area contributed by atoms with E-state index in [1.807, 2.05) is 35.7 Å². The van der Waals surface area contributed by atoms with Crippen molar-refractivity contribution in [3.8, 4) is 18.2 Å². The largest absolute Gasteiger partial charge is 0.331 e. The molecule has 1 aromatic carbocycles. The molecule has 6 heteroatoms. The molecule has 5 nitrogen and oxygen atoms in total. The minimum absolute atomic E-state index is 0.0661. The van der Waals surface area contributed by atoms with Gasteiger partial charge in [0, 0.05) is 23.1 Å². The van der Waals surface area contributed by atoms with Gasteiger partial charge in [0.2, 0.25) is 0 Å². The van der Waals surface area contributed by atoms with Crippen LogP contribution < -0.4 is 4.90 Å². The number of nitrogens with zero attached hydrogens (tertiary/aromatic N) is 3. The predicted molar refractivity (Wildman–Crippen MR) is 115 cm³/mol. The molecule has 1 saturated carbocycles. The van der Waals surface area contributed by atoms with Gasteiger partial charge >= 0.3 is 0 Å². The van der Waals surface area contributed by atoms with Crippen LogP contribution in [0.3, 0.4) is 0 Å². The summed E-state index contributed by atoms with van der Waals surface area (Å²) in [5.74, 6) is -1.30. The van der Waals surface area contributed by atoms with Gasteiger partial charge in [-0.05, 0) is 28.7 Å². The lowest BCUT2D eigenvalue weighted by Gasteiger charge is -2.45. The number of nitrogens with one attached hydrogen (secondary N) is 2. The van der Waals surface area contributed by atoms with E-state index in [4.69, 9.17) is 5.41 Å². The summed E-state index contributed by atoms with van der Waals surface area (Å²) >= 11 is 1.52. The molecular formula is C24H22N5S+. The summed E-state index contributed by atoms with van der Waals surface area (Å²) in [6, 6.07) is 20.8. The van der Waals surface area contributed by atoms with Gasteiger partial charge in [-0.1, -0.05) is 36.4 Å². The molecule has 0 saturated heterocycles. The Bertz CT molecular complexity index is 1070. The number of rotatable bonds is 4. The molecular weight excluding hydrogens is 390 g/mol. The third-order valence-corrected chi connectivity index (χ3v) is 7.38. The molecule has 0 spiro atoms. The Morgan fingerprint density at radius 3 is 2.50 bits per heavy atom. The standard InChI is InChI=1S/C24H21N5S/c25-13-19-18-9-11-29(10-8-17-5-2-1-3-6-17)14-20(18)22(21-7-4-12-30-21)24(15-26,16-27)23(19)28/h1-7,9,12,19-20,22,28H,8,10-11,14H2/p+1/t19?,20-,22-/m0/s1. The number of benzene rings is 1. The van der Waals surface area contributed by atoms with E-state index in [0.29, 0.717) is 0 Å². The lowest BCUT2D eigenvalue weighted by atomic mass is 9.55. The van der Waals surface area contributed by atoms with Crippen LogP contribution in [-0.4, -0.2) is 25.3 Å². The van der Waals surface area contributed by atoms with Gasteiger partial charge in [-0.25, -0.2) is 0 Å². The Morgan fingerprint density at radius 1 is 1.10 bits per heavy atom. The molecule has 148 valence electrons. The highest BCUT2D eigenvalue weighted by atomic mass is 32.1. The SMILES string of the molecule is N#CC1C(=N)C(C#N)(C#N)[C@H](c2cccs2)[C@H]2C[NH+](CCc3ccccc3)CC=C12. The highest BCUT2D eigenvalue weighted by molar-refractivity contribution is 7.10. The summed E-state index contributed by atoms with van der Waals surface area (Å²) < 4.78 is 0. The third kappa shape index (κ3) is 3.23. The molecule has 1 aliphatic heterocycles. The minimum atomic E-state index is -1.60. The van der Waals surface area contributed by atoms with Crippen molar-refractivity contribution in [3.05, 3.63) is 69.9 Å². The average molecular weight is 413 g/mol. The molecule has 2 N–H and O–H groups in total. The fourth-order valence-corrected chi connectivity index (χ4v) is 5.86. The molecule has 4 rings (SSSR count). The summed E-state index contributed by atoms with van der Waals surface area (Å²) in [6.07, 6.45) is 3.05. The summed E-state index contributed by atoms with van der Waals surface area (Å²) in [6.45, 7) is 2.51. The normalized spacial score (nSPS) is 27.1. The summed E-state index contributed by atoms with van der Waals surface area (Å²) in [4.78, 5) is 2.32. The second-order valence-electron chi connectivity index (χ2n) is 7.95. The van der Waals surface area contributed by atoms with E-state index >= 15 is 0 Å². The Labute approximate surface area is 180 Å². The van der Waals surface area contributed by atoms with Gasteiger partial charge in [-0.15, -0.1) is 11.3 Å². The number of hydrogen-bond donors (Lipinski definition) is 2. The molecule has 1 aliphatic carbocycles. The smallest absolute Gasteiger partial charge is 0.190 e. The first-order valence-electron chi connectivity index (χ1n) is 10.1. The van der Waals surface area contributed by atoms with Crippen LogP contribution >= 0.6 is 11.3 Å². The van der Waals surface area contributed by atoms with E-state index in [-0.39, 0.29) is 11.6 Å². The minimum Gasteiger partial charge on any atom is -0.331 e. The van der Waals surface area contributed by atoms with Crippen LogP contribution in [0.15, 0.2) is 59.5 Å². The van der Waals surface area contributed by atoms with Crippen LogP contribution in [0, 0.1) is 56.7 Å². The van der Waals surface area contributed by atoms with Crippen molar-refractivity contribution < 1.29 is 4.90 Å². The van der Waals surface area contributed by atoms with Gasteiger partial charge in [0.15, 0.2) is 5.41 Å². The van der Waals surface area contributed by atoms with Crippen LogP contribution in [0.2, 0.25) is 0 Å². The quantitative estimate of drug-likeness (QED) is 0.755. The third-order valence-electron chi connectivity index (χ3n) is 6.42. The van der Waals surface area contributed by atoms with E-state index in [0.717, 1.165) is 36.5 Å². The van der Waals surface area contributed by atoms with Gasteiger partial charge in [0.1, 0.15) is 5.92 Å². The maximum atomic E-state index is 10.1. The number of fused-ring (bicyclic) bond motifs is 1. The zero-order chi connectivity index (χ0) is 21.1.